The molecule has 1 atom stereocenters. The summed E-state index contributed by atoms with van der Waals surface area (Å²) in [5.74, 6) is 2.13. The second kappa shape index (κ2) is 7.56. The average molecular weight is 308 g/mol. The van der Waals surface area contributed by atoms with Gasteiger partial charge in [-0.05, 0) is 24.9 Å². The molecule has 0 aromatic carbocycles. The fourth-order valence-corrected chi connectivity index (χ4v) is 2.32. The van der Waals surface area contributed by atoms with E-state index in [4.69, 9.17) is 0 Å². The van der Waals surface area contributed by atoms with Crippen LogP contribution in [0.4, 0.5) is 24.9 Å². The van der Waals surface area contributed by atoms with Gasteiger partial charge in [0.25, 0.3) is 0 Å². The Morgan fingerprint density at radius 2 is 2.05 bits per heavy atom. The Kier molecular flexibility index (Phi) is 6.38. The average Bonchev–Trinajstić information content (AvgIpc) is 2.37. The summed E-state index contributed by atoms with van der Waals surface area (Å²) in [5.41, 5.74) is -0.950. The van der Waals surface area contributed by atoms with Crippen LogP contribution in [0.25, 0.3) is 0 Å². The van der Waals surface area contributed by atoms with Gasteiger partial charge in [0, 0.05) is 19.2 Å². The first kappa shape index (κ1) is 16.9. The van der Waals surface area contributed by atoms with Crippen molar-refractivity contribution >= 4 is 23.5 Å². The molecule has 0 saturated carbocycles. The third-order valence-corrected chi connectivity index (χ3v) is 3.47. The molecule has 114 valence electrons. The highest BCUT2D eigenvalue weighted by atomic mass is 32.2. The lowest BCUT2D eigenvalue weighted by Gasteiger charge is -2.16. The number of rotatable bonds is 7. The summed E-state index contributed by atoms with van der Waals surface area (Å²) in [6, 6.07) is 0.986. The fraction of sp³-hybridized carbons (Fsp3) is 0.667. The lowest BCUT2D eigenvalue weighted by atomic mass is 10.2. The second-order valence-corrected chi connectivity index (χ2v) is 5.63. The van der Waals surface area contributed by atoms with Crippen molar-refractivity contribution in [1.29, 1.82) is 0 Å². The topological polar surface area (TPSA) is 49.8 Å². The Bertz CT molecular complexity index is 426. The van der Waals surface area contributed by atoms with Crippen molar-refractivity contribution in [3.8, 4) is 0 Å². The third kappa shape index (κ3) is 5.44. The van der Waals surface area contributed by atoms with E-state index in [0.29, 0.717) is 0 Å². The highest BCUT2D eigenvalue weighted by Gasteiger charge is 2.33. The molecule has 0 saturated heterocycles. The zero-order valence-corrected chi connectivity index (χ0v) is 12.5. The first-order chi connectivity index (χ1) is 9.36. The van der Waals surface area contributed by atoms with E-state index in [-0.39, 0.29) is 17.8 Å². The highest BCUT2D eigenvalue weighted by Crippen LogP contribution is 2.29. The minimum atomic E-state index is -4.48. The molecule has 20 heavy (non-hydrogen) atoms. The summed E-state index contributed by atoms with van der Waals surface area (Å²) in [7, 11) is 1.49. The number of alkyl halides is 3. The van der Waals surface area contributed by atoms with E-state index in [1.54, 1.807) is 11.8 Å². The quantitative estimate of drug-likeness (QED) is 0.755. The number of aromatic nitrogens is 2. The molecule has 1 rings (SSSR count). The highest BCUT2D eigenvalue weighted by molar-refractivity contribution is 7.99. The number of hydrogen-bond acceptors (Lipinski definition) is 5. The first-order valence-corrected chi connectivity index (χ1v) is 7.50. The Morgan fingerprint density at radius 1 is 1.35 bits per heavy atom. The maximum absolute atomic E-state index is 12.7. The predicted molar refractivity (Wildman–Crippen MR) is 77.3 cm³/mol. The molecule has 0 spiro atoms. The molecule has 0 bridgehead atoms. The molecule has 2 N–H and O–H groups in total. The number of hydrogen-bond donors (Lipinski definition) is 2. The Balaban J connectivity index is 2.78. The standard InChI is InChI=1S/C12H19F3N4S/c1-4-20-6-5-8(2)17-10-7-9(12(13,14)15)18-11(16-3)19-10/h7-8H,4-6H2,1-3H3,(H2,16,17,18,19). The van der Waals surface area contributed by atoms with Gasteiger partial charge >= 0.3 is 6.18 Å². The van der Waals surface area contributed by atoms with E-state index in [0.717, 1.165) is 24.0 Å². The fourth-order valence-electron chi connectivity index (χ4n) is 1.51. The van der Waals surface area contributed by atoms with Crippen LogP contribution >= 0.6 is 11.8 Å². The molecule has 1 aromatic rings. The van der Waals surface area contributed by atoms with Crippen LogP contribution in [0.15, 0.2) is 6.07 Å². The Labute approximate surface area is 121 Å². The van der Waals surface area contributed by atoms with Gasteiger partial charge in [-0.15, -0.1) is 0 Å². The summed E-state index contributed by atoms with van der Waals surface area (Å²) >= 11 is 1.80. The minimum Gasteiger partial charge on any atom is -0.367 e. The molecule has 0 fully saturated rings. The zero-order chi connectivity index (χ0) is 15.2. The van der Waals surface area contributed by atoms with Crippen molar-refractivity contribution in [1.82, 2.24) is 9.97 Å². The number of anilines is 2. The Morgan fingerprint density at radius 3 is 2.60 bits per heavy atom. The van der Waals surface area contributed by atoms with Gasteiger partial charge in [-0.25, -0.2) is 4.98 Å². The van der Waals surface area contributed by atoms with Gasteiger partial charge in [-0.3, -0.25) is 0 Å². The normalized spacial score (nSPS) is 13.1. The number of halogens is 3. The molecule has 0 aliphatic rings. The first-order valence-electron chi connectivity index (χ1n) is 6.35. The van der Waals surface area contributed by atoms with Crippen molar-refractivity contribution < 1.29 is 13.2 Å². The van der Waals surface area contributed by atoms with Crippen LogP contribution in [-0.2, 0) is 6.18 Å². The lowest BCUT2D eigenvalue weighted by Crippen LogP contribution is -2.19. The number of thioether (sulfide) groups is 1. The summed E-state index contributed by atoms with van der Waals surface area (Å²) in [6.45, 7) is 3.99. The Hall–Kier alpha value is -1.18. The van der Waals surface area contributed by atoms with Crippen LogP contribution in [0.1, 0.15) is 26.0 Å². The van der Waals surface area contributed by atoms with Crippen molar-refractivity contribution in [3.63, 3.8) is 0 Å². The van der Waals surface area contributed by atoms with Crippen molar-refractivity contribution in [2.24, 2.45) is 0 Å². The number of nitrogens with zero attached hydrogens (tertiary/aromatic N) is 2. The summed E-state index contributed by atoms with van der Waals surface area (Å²) in [6.07, 6.45) is -3.62. The van der Waals surface area contributed by atoms with Gasteiger partial charge in [-0.2, -0.15) is 29.9 Å². The van der Waals surface area contributed by atoms with E-state index >= 15 is 0 Å². The lowest BCUT2D eigenvalue weighted by molar-refractivity contribution is -0.141. The van der Waals surface area contributed by atoms with E-state index < -0.39 is 11.9 Å². The van der Waals surface area contributed by atoms with Crippen molar-refractivity contribution in [2.45, 2.75) is 32.5 Å². The van der Waals surface area contributed by atoms with Crippen molar-refractivity contribution in [2.75, 3.05) is 29.2 Å². The predicted octanol–water partition coefficient (Wildman–Crippen LogP) is 3.48. The van der Waals surface area contributed by atoms with Crippen LogP contribution in [-0.4, -0.2) is 34.6 Å². The summed E-state index contributed by atoms with van der Waals surface area (Å²) < 4.78 is 38.2. The molecule has 0 aliphatic carbocycles. The minimum absolute atomic E-state index is 0.0440. The molecule has 0 aliphatic heterocycles. The molecule has 0 radical (unpaired) electrons. The van der Waals surface area contributed by atoms with Crippen LogP contribution in [0.2, 0.25) is 0 Å². The van der Waals surface area contributed by atoms with Crippen molar-refractivity contribution in [3.05, 3.63) is 11.8 Å². The third-order valence-electron chi connectivity index (χ3n) is 2.53. The molecule has 1 aromatic heterocycles. The zero-order valence-electron chi connectivity index (χ0n) is 11.7. The molecule has 4 nitrogen and oxygen atoms in total. The molecular weight excluding hydrogens is 289 g/mol. The molecule has 1 unspecified atom stereocenters. The van der Waals surface area contributed by atoms with Crippen LogP contribution in [0.5, 0.6) is 0 Å². The van der Waals surface area contributed by atoms with E-state index in [2.05, 4.69) is 27.5 Å². The van der Waals surface area contributed by atoms with Crippen LogP contribution < -0.4 is 10.6 Å². The van der Waals surface area contributed by atoms with Gasteiger partial charge in [0.1, 0.15) is 5.82 Å². The molecule has 1 heterocycles. The summed E-state index contributed by atoms with van der Waals surface area (Å²) in [4.78, 5) is 7.41. The van der Waals surface area contributed by atoms with E-state index in [1.165, 1.54) is 7.05 Å². The van der Waals surface area contributed by atoms with Gasteiger partial charge in [-0.1, -0.05) is 6.92 Å². The van der Waals surface area contributed by atoms with E-state index in [9.17, 15) is 13.2 Å². The van der Waals surface area contributed by atoms with Crippen LogP contribution in [0.3, 0.4) is 0 Å². The van der Waals surface area contributed by atoms with Gasteiger partial charge in [0.15, 0.2) is 5.69 Å². The van der Waals surface area contributed by atoms with E-state index in [1.807, 2.05) is 6.92 Å². The smallest absolute Gasteiger partial charge is 0.367 e. The van der Waals surface area contributed by atoms with Gasteiger partial charge in [0.05, 0.1) is 0 Å². The maximum atomic E-state index is 12.7. The number of nitrogens with one attached hydrogen (secondary N) is 2. The largest absolute Gasteiger partial charge is 0.433 e. The van der Waals surface area contributed by atoms with Crippen LogP contribution in [0, 0.1) is 0 Å². The maximum Gasteiger partial charge on any atom is 0.433 e. The molecule has 0 amide bonds. The monoisotopic (exact) mass is 308 g/mol. The van der Waals surface area contributed by atoms with Gasteiger partial charge in [0.2, 0.25) is 5.95 Å². The SMILES string of the molecule is CCSCCC(C)Nc1cc(C(F)(F)F)nc(NC)n1. The molecule has 8 heteroatoms. The summed E-state index contributed by atoms with van der Waals surface area (Å²) in [5, 5.41) is 5.52. The molecular formula is C12H19F3N4S. The van der Waals surface area contributed by atoms with Gasteiger partial charge < -0.3 is 10.6 Å². The second-order valence-electron chi connectivity index (χ2n) is 4.24.